The maximum Gasteiger partial charge on any atom is 0.304 e. The Hall–Kier alpha value is -3.82. The zero-order valence-electron chi connectivity index (χ0n) is 21.0. The number of carbonyl (C=O) groups is 2. The number of rotatable bonds is 9. The second-order valence-corrected chi connectivity index (χ2v) is 9.20. The Morgan fingerprint density at radius 3 is 2.69 bits per heavy atom. The monoisotopic (exact) mass is 492 g/mol. The standard InChI is InChI=1S/C26H32N6O4/c1-4-7-17-9-12-23(33)31(15-17)16-22-25(28-29-30(22)3)20-10-11-21(19(5-2)27-20)32-13-6-8-18(26(32)36)14-24(34)35/h9-12,15,18H,4-8,13-14,16H2,1-3H3,(H,34,35)/t18-/m0/s1. The third kappa shape index (κ3) is 5.22. The Morgan fingerprint density at radius 1 is 1.17 bits per heavy atom. The molecular formula is C26H32N6O4. The number of carboxylic acids is 1. The fraction of sp³-hybridized carbons (Fsp3) is 0.462. The van der Waals surface area contributed by atoms with E-state index in [1.807, 2.05) is 31.3 Å². The molecule has 0 saturated carbocycles. The Bertz CT molecular complexity index is 1330. The second-order valence-electron chi connectivity index (χ2n) is 9.20. The van der Waals surface area contributed by atoms with E-state index in [0.717, 1.165) is 36.2 Å². The summed E-state index contributed by atoms with van der Waals surface area (Å²) in [5.41, 5.74) is 4.38. The Balaban J connectivity index is 1.66. The van der Waals surface area contributed by atoms with Gasteiger partial charge in [-0.2, -0.15) is 0 Å². The SMILES string of the molecule is CCCc1ccc(=O)n(Cc2c(-c3ccc(N4CCC[C@@H](CC(=O)O)C4=O)c(CC)n3)nnn2C)c1. The maximum absolute atomic E-state index is 13.0. The van der Waals surface area contributed by atoms with E-state index in [9.17, 15) is 19.5 Å². The number of aromatic nitrogens is 5. The van der Waals surface area contributed by atoms with E-state index in [1.54, 1.807) is 27.3 Å². The molecule has 1 aliphatic rings. The Morgan fingerprint density at radius 2 is 1.97 bits per heavy atom. The highest BCUT2D eigenvalue weighted by atomic mass is 16.4. The number of hydrogen-bond donors (Lipinski definition) is 1. The Kier molecular flexibility index (Phi) is 7.61. The van der Waals surface area contributed by atoms with Crippen LogP contribution in [0.15, 0.2) is 35.3 Å². The lowest BCUT2D eigenvalue weighted by Crippen LogP contribution is -2.42. The number of carbonyl (C=O) groups excluding carboxylic acids is 1. The van der Waals surface area contributed by atoms with Gasteiger partial charge < -0.3 is 14.6 Å². The lowest BCUT2D eigenvalue weighted by molar-refractivity contribution is -0.141. The molecule has 190 valence electrons. The highest BCUT2D eigenvalue weighted by Crippen LogP contribution is 2.31. The molecule has 1 saturated heterocycles. The summed E-state index contributed by atoms with van der Waals surface area (Å²) in [6.07, 6.45) is 5.51. The first-order valence-electron chi connectivity index (χ1n) is 12.4. The van der Waals surface area contributed by atoms with Gasteiger partial charge >= 0.3 is 5.97 Å². The van der Waals surface area contributed by atoms with Crippen molar-refractivity contribution in [3.8, 4) is 11.4 Å². The van der Waals surface area contributed by atoms with Crippen molar-refractivity contribution >= 4 is 17.6 Å². The molecule has 1 amide bonds. The van der Waals surface area contributed by atoms with E-state index >= 15 is 0 Å². The molecule has 1 atom stereocenters. The molecule has 0 aromatic carbocycles. The van der Waals surface area contributed by atoms with Crippen molar-refractivity contribution in [3.05, 3.63) is 57.8 Å². The zero-order chi connectivity index (χ0) is 25.8. The molecule has 36 heavy (non-hydrogen) atoms. The van der Waals surface area contributed by atoms with Crippen molar-refractivity contribution < 1.29 is 14.7 Å². The van der Waals surface area contributed by atoms with Crippen LogP contribution < -0.4 is 10.5 Å². The van der Waals surface area contributed by atoms with Crippen LogP contribution in [0.4, 0.5) is 5.69 Å². The average Bonchev–Trinajstić information content (AvgIpc) is 3.22. The van der Waals surface area contributed by atoms with Crippen LogP contribution in [-0.4, -0.2) is 48.1 Å². The van der Waals surface area contributed by atoms with Crippen LogP contribution >= 0.6 is 0 Å². The normalized spacial score (nSPS) is 15.9. The average molecular weight is 493 g/mol. The first-order chi connectivity index (χ1) is 17.3. The molecule has 4 rings (SSSR count). The van der Waals surface area contributed by atoms with Crippen molar-refractivity contribution in [2.75, 3.05) is 11.4 Å². The van der Waals surface area contributed by atoms with Crippen LogP contribution in [-0.2, 0) is 36.0 Å². The van der Waals surface area contributed by atoms with E-state index in [-0.39, 0.29) is 17.9 Å². The number of anilines is 1. The van der Waals surface area contributed by atoms with Crippen LogP contribution in [0.3, 0.4) is 0 Å². The van der Waals surface area contributed by atoms with Gasteiger partial charge in [-0.3, -0.25) is 14.4 Å². The van der Waals surface area contributed by atoms with Crippen LogP contribution in [0.2, 0.25) is 0 Å². The van der Waals surface area contributed by atoms with E-state index in [0.29, 0.717) is 43.0 Å². The van der Waals surface area contributed by atoms with E-state index < -0.39 is 11.9 Å². The number of pyridine rings is 2. The largest absolute Gasteiger partial charge is 0.481 e. The van der Waals surface area contributed by atoms with E-state index in [1.165, 1.54) is 0 Å². The van der Waals surface area contributed by atoms with Crippen molar-refractivity contribution in [1.29, 1.82) is 0 Å². The van der Waals surface area contributed by atoms with Crippen LogP contribution in [0.1, 0.15) is 56.5 Å². The molecule has 1 aliphatic heterocycles. The fourth-order valence-electron chi connectivity index (χ4n) is 4.78. The number of carboxylic acid groups (broad SMARTS) is 1. The minimum Gasteiger partial charge on any atom is -0.481 e. The summed E-state index contributed by atoms with van der Waals surface area (Å²) in [5.74, 6) is -1.65. The smallest absolute Gasteiger partial charge is 0.304 e. The first-order valence-corrected chi connectivity index (χ1v) is 12.4. The molecule has 3 aromatic heterocycles. The number of nitrogens with zero attached hydrogens (tertiary/aromatic N) is 6. The highest BCUT2D eigenvalue weighted by Gasteiger charge is 2.32. The van der Waals surface area contributed by atoms with E-state index in [4.69, 9.17) is 4.98 Å². The van der Waals surface area contributed by atoms with Gasteiger partial charge in [-0.25, -0.2) is 9.67 Å². The van der Waals surface area contributed by atoms with Gasteiger partial charge in [-0.05, 0) is 43.4 Å². The van der Waals surface area contributed by atoms with Gasteiger partial charge in [0.15, 0.2) is 0 Å². The van der Waals surface area contributed by atoms with E-state index in [2.05, 4.69) is 17.2 Å². The van der Waals surface area contributed by atoms with Gasteiger partial charge in [-0.15, -0.1) is 5.10 Å². The summed E-state index contributed by atoms with van der Waals surface area (Å²) in [5, 5.41) is 17.7. The van der Waals surface area contributed by atoms with Crippen molar-refractivity contribution in [3.63, 3.8) is 0 Å². The molecule has 0 radical (unpaired) electrons. The fourth-order valence-corrected chi connectivity index (χ4v) is 4.78. The lowest BCUT2D eigenvalue weighted by atomic mass is 9.93. The van der Waals surface area contributed by atoms with Gasteiger partial charge in [0.2, 0.25) is 5.91 Å². The molecular weight excluding hydrogens is 460 g/mol. The molecule has 0 spiro atoms. The van der Waals surface area contributed by atoms with Crippen molar-refractivity contribution in [1.82, 2.24) is 24.5 Å². The van der Waals surface area contributed by atoms with Gasteiger partial charge in [0.05, 0.1) is 35.7 Å². The number of piperidine rings is 1. The molecule has 10 nitrogen and oxygen atoms in total. The molecule has 4 heterocycles. The van der Waals surface area contributed by atoms with Crippen molar-refractivity contribution in [2.45, 2.75) is 58.9 Å². The van der Waals surface area contributed by atoms with Crippen LogP contribution in [0.5, 0.6) is 0 Å². The quantitative estimate of drug-likeness (QED) is 0.487. The summed E-state index contributed by atoms with van der Waals surface area (Å²) in [4.78, 5) is 43.3. The lowest BCUT2D eigenvalue weighted by Gasteiger charge is -2.32. The first kappa shape index (κ1) is 25.3. The van der Waals surface area contributed by atoms with Crippen molar-refractivity contribution in [2.24, 2.45) is 13.0 Å². The maximum atomic E-state index is 13.0. The topological polar surface area (TPSA) is 123 Å². The zero-order valence-corrected chi connectivity index (χ0v) is 21.0. The highest BCUT2D eigenvalue weighted by molar-refractivity contribution is 5.97. The summed E-state index contributed by atoms with van der Waals surface area (Å²) < 4.78 is 3.32. The number of aryl methyl sites for hydroxylation is 3. The Labute approximate surface area is 209 Å². The second kappa shape index (κ2) is 10.8. The molecule has 0 unspecified atom stereocenters. The van der Waals surface area contributed by atoms with Gasteiger partial charge in [0, 0.05) is 31.8 Å². The number of hydrogen-bond acceptors (Lipinski definition) is 6. The third-order valence-electron chi connectivity index (χ3n) is 6.64. The summed E-state index contributed by atoms with van der Waals surface area (Å²) >= 11 is 0. The summed E-state index contributed by atoms with van der Waals surface area (Å²) in [6, 6.07) is 7.12. The molecule has 3 aromatic rings. The molecule has 0 bridgehead atoms. The van der Waals surface area contributed by atoms with Gasteiger partial charge in [-0.1, -0.05) is 31.5 Å². The summed E-state index contributed by atoms with van der Waals surface area (Å²) in [6.45, 7) is 4.91. The predicted octanol–water partition coefficient (Wildman–Crippen LogP) is 2.82. The van der Waals surface area contributed by atoms with Gasteiger partial charge in [0.1, 0.15) is 5.69 Å². The third-order valence-corrected chi connectivity index (χ3v) is 6.64. The molecule has 10 heteroatoms. The minimum absolute atomic E-state index is 0.0981. The molecule has 1 N–H and O–H groups in total. The molecule has 0 aliphatic carbocycles. The van der Waals surface area contributed by atoms with Crippen LogP contribution in [0.25, 0.3) is 11.4 Å². The number of aliphatic carboxylic acids is 1. The van der Waals surface area contributed by atoms with Gasteiger partial charge in [0.25, 0.3) is 5.56 Å². The number of amides is 1. The molecule has 1 fully saturated rings. The van der Waals surface area contributed by atoms with Crippen LogP contribution in [0, 0.1) is 5.92 Å². The summed E-state index contributed by atoms with van der Waals surface area (Å²) in [7, 11) is 1.79. The minimum atomic E-state index is -0.964. The predicted molar refractivity (Wildman–Crippen MR) is 135 cm³/mol.